The Balaban J connectivity index is 1.69. The van der Waals surface area contributed by atoms with Gasteiger partial charge in [-0.05, 0) is 54.6 Å². The zero-order valence-corrected chi connectivity index (χ0v) is 24.1. The SMILES string of the molecule is OC(c1ccccc1)(c1ccccc1)c1c(C(O)(c2ccccc2)c2ccccc2)c2c3ccccc3c1c1ccccc12. The summed E-state index contributed by atoms with van der Waals surface area (Å²) in [5.74, 6) is 0. The second-order valence-corrected chi connectivity index (χ2v) is 11.5. The summed E-state index contributed by atoms with van der Waals surface area (Å²) < 4.78 is 0. The number of hydrogen-bond acceptors (Lipinski definition) is 2. The molecule has 0 unspecified atom stereocenters. The molecule has 44 heavy (non-hydrogen) atoms. The Hall–Kier alpha value is -5.28. The van der Waals surface area contributed by atoms with Crippen molar-refractivity contribution in [3.05, 3.63) is 203 Å². The summed E-state index contributed by atoms with van der Waals surface area (Å²) in [6, 6.07) is 56.2. The first-order valence-corrected chi connectivity index (χ1v) is 15.0. The van der Waals surface area contributed by atoms with E-state index in [0.29, 0.717) is 11.1 Å². The van der Waals surface area contributed by atoms with E-state index in [-0.39, 0.29) is 0 Å². The first-order chi connectivity index (χ1) is 21.6. The minimum atomic E-state index is -1.60. The van der Waals surface area contributed by atoms with Crippen LogP contribution >= 0.6 is 0 Å². The van der Waals surface area contributed by atoms with Gasteiger partial charge in [-0.3, -0.25) is 0 Å². The van der Waals surface area contributed by atoms with Gasteiger partial charge in [-0.25, -0.2) is 0 Å². The highest BCUT2D eigenvalue weighted by molar-refractivity contribution is 6.30. The Morgan fingerprint density at radius 1 is 0.273 bits per heavy atom. The standard InChI is InChI=1S/C42H30O2/c43-41(29-17-5-1-6-18-29,30-19-7-2-8-20-30)39-37-33-25-13-15-27-35(33)38(36-28-16-14-26-34(36)37)40(39)42(44,31-21-9-3-10-22-31)32-23-11-4-12-24-32/h1-28,43-44H. The lowest BCUT2D eigenvalue weighted by atomic mass is 9.66. The fourth-order valence-electron chi connectivity index (χ4n) is 7.27. The summed E-state index contributed by atoms with van der Waals surface area (Å²) >= 11 is 0. The molecule has 0 spiro atoms. The zero-order valence-electron chi connectivity index (χ0n) is 24.1. The maximum Gasteiger partial charge on any atom is 0.141 e. The Kier molecular flexibility index (Phi) is 6.09. The maximum atomic E-state index is 13.6. The van der Waals surface area contributed by atoms with Crippen molar-refractivity contribution in [3.8, 4) is 0 Å². The van der Waals surface area contributed by atoms with E-state index in [0.717, 1.165) is 54.6 Å². The van der Waals surface area contributed by atoms with E-state index < -0.39 is 11.2 Å². The molecule has 210 valence electrons. The van der Waals surface area contributed by atoms with E-state index in [1.165, 1.54) is 0 Å². The number of rotatable bonds is 6. The molecule has 2 heteroatoms. The van der Waals surface area contributed by atoms with E-state index in [9.17, 15) is 10.2 Å². The average molecular weight is 567 g/mol. The molecular formula is C42H30O2. The highest BCUT2D eigenvalue weighted by Gasteiger charge is 2.47. The zero-order chi connectivity index (χ0) is 29.7. The van der Waals surface area contributed by atoms with Crippen molar-refractivity contribution in [2.24, 2.45) is 0 Å². The van der Waals surface area contributed by atoms with Gasteiger partial charge in [-0.15, -0.1) is 0 Å². The van der Waals surface area contributed by atoms with Crippen molar-refractivity contribution in [3.63, 3.8) is 0 Å². The Bertz CT molecular complexity index is 1920. The summed E-state index contributed by atoms with van der Waals surface area (Å²) in [6.45, 7) is 0. The van der Waals surface area contributed by atoms with Crippen molar-refractivity contribution < 1.29 is 10.2 Å². The molecular weight excluding hydrogens is 536 g/mol. The van der Waals surface area contributed by atoms with Crippen molar-refractivity contribution in [1.82, 2.24) is 0 Å². The van der Waals surface area contributed by atoms with E-state index in [2.05, 4.69) is 48.5 Å². The molecule has 9 aromatic rings. The predicted octanol–water partition coefficient (Wildman–Crippen LogP) is 9.15. The number of benzene rings is 9. The number of hydrogen-bond donors (Lipinski definition) is 2. The molecule has 0 aromatic heterocycles. The fraction of sp³-hybridized carbons (Fsp3) is 0.0476. The van der Waals surface area contributed by atoms with Gasteiger partial charge in [-0.1, -0.05) is 170 Å². The van der Waals surface area contributed by atoms with Crippen molar-refractivity contribution >= 4 is 32.3 Å². The van der Waals surface area contributed by atoms with Gasteiger partial charge in [0.2, 0.25) is 0 Å². The van der Waals surface area contributed by atoms with Crippen molar-refractivity contribution in [2.75, 3.05) is 0 Å². The minimum Gasteiger partial charge on any atom is -0.376 e. The lowest BCUT2D eigenvalue weighted by Crippen LogP contribution is -2.38. The van der Waals surface area contributed by atoms with Gasteiger partial charge < -0.3 is 10.2 Å². The Morgan fingerprint density at radius 3 is 0.705 bits per heavy atom. The molecule has 0 amide bonds. The highest BCUT2D eigenvalue weighted by Crippen LogP contribution is 2.55. The van der Waals surface area contributed by atoms with Crippen LogP contribution in [0.25, 0.3) is 32.3 Å². The van der Waals surface area contributed by atoms with E-state index in [1.807, 2.05) is 121 Å². The molecule has 9 rings (SSSR count). The highest BCUT2D eigenvalue weighted by atomic mass is 16.3. The third-order valence-electron chi connectivity index (χ3n) is 9.17. The second kappa shape index (κ2) is 10.2. The van der Waals surface area contributed by atoms with Crippen LogP contribution in [0.3, 0.4) is 0 Å². The predicted molar refractivity (Wildman–Crippen MR) is 180 cm³/mol. The molecule has 0 atom stereocenters. The van der Waals surface area contributed by atoms with Gasteiger partial charge in [0.25, 0.3) is 0 Å². The van der Waals surface area contributed by atoms with Crippen LogP contribution in [0.5, 0.6) is 0 Å². The van der Waals surface area contributed by atoms with E-state index >= 15 is 0 Å². The summed E-state index contributed by atoms with van der Waals surface area (Å²) in [7, 11) is 0. The van der Waals surface area contributed by atoms with Gasteiger partial charge in [0.05, 0.1) is 0 Å². The van der Waals surface area contributed by atoms with Crippen LogP contribution in [0, 0.1) is 0 Å². The van der Waals surface area contributed by atoms with Gasteiger partial charge >= 0.3 is 0 Å². The number of fused-ring (bicyclic) bond motifs is 1. The molecule has 0 radical (unpaired) electrons. The molecule has 2 bridgehead atoms. The third kappa shape index (κ3) is 3.69. The van der Waals surface area contributed by atoms with Gasteiger partial charge in [0.1, 0.15) is 11.2 Å². The topological polar surface area (TPSA) is 40.5 Å². The lowest BCUT2D eigenvalue weighted by Gasteiger charge is -2.41. The average Bonchev–Trinajstić information content (AvgIpc) is 3.12. The van der Waals surface area contributed by atoms with Crippen molar-refractivity contribution in [2.45, 2.75) is 11.2 Å². The van der Waals surface area contributed by atoms with Crippen molar-refractivity contribution in [1.29, 1.82) is 0 Å². The molecule has 2 N–H and O–H groups in total. The normalized spacial score (nSPS) is 12.3. The van der Waals surface area contributed by atoms with Gasteiger partial charge in [-0.2, -0.15) is 0 Å². The second-order valence-electron chi connectivity index (χ2n) is 11.5. The molecule has 2 nitrogen and oxygen atoms in total. The summed E-state index contributed by atoms with van der Waals surface area (Å²) in [5, 5.41) is 33.2. The molecule has 0 heterocycles. The molecule has 0 aliphatic rings. The maximum absolute atomic E-state index is 13.6. The Labute approximate surface area is 256 Å². The summed E-state index contributed by atoms with van der Waals surface area (Å²) in [5.41, 5.74) is 1.12. The van der Waals surface area contributed by atoms with Crippen LogP contribution < -0.4 is 0 Å². The Morgan fingerprint density at radius 2 is 0.477 bits per heavy atom. The lowest BCUT2D eigenvalue weighted by molar-refractivity contribution is 0.103. The van der Waals surface area contributed by atoms with E-state index in [1.54, 1.807) is 0 Å². The summed E-state index contributed by atoms with van der Waals surface area (Å²) in [6.07, 6.45) is 0. The van der Waals surface area contributed by atoms with Crippen LogP contribution in [-0.4, -0.2) is 10.2 Å². The fourth-order valence-corrected chi connectivity index (χ4v) is 7.27. The molecule has 0 saturated heterocycles. The third-order valence-corrected chi connectivity index (χ3v) is 9.17. The van der Waals surface area contributed by atoms with Crippen LogP contribution in [0.2, 0.25) is 0 Å². The van der Waals surface area contributed by atoms with Crippen LogP contribution in [0.15, 0.2) is 170 Å². The van der Waals surface area contributed by atoms with Gasteiger partial charge in [0.15, 0.2) is 0 Å². The van der Waals surface area contributed by atoms with Crippen LogP contribution in [0.1, 0.15) is 33.4 Å². The quantitative estimate of drug-likeness (QED) is 0.156. The largest absolute Gasteiger partial charge is 0.376 e. The monoisotopic (exact) mass is 566 g/mol. The van der Waals surface area contributed by atoms with Crippen LogP contribution in [0.4, 0.5) is 0 Å². The summed E-state index contributed by atoms with van der Waals surface area (Å²) in [4.78, 5) is 0. The molecule has 0 aliphatic heterocycles. The molecule has 0 aliphatic carbocycles. The van der Waals surface area contributed by atoms with E-state index in [4.69, 9.17) is 0 Å². The molecule has 9 aromatic carbocycles. The minimum absolute atomic E-state index is 0.692. The number of aliphatic hydroxyl groups is 2. The first-order valence-electron chi connectivity index (χ1n) is 15.0. The smallest absolute Gasteiger partial charge is 0.141 e. The van der Waals surface area contributed by atoms with Gasteiger partial charge in [0, 0.05) is 11.1 Å². The first kappa shape index (κ1) is 26.4. The molecule has 0 fully saturated rings. The molecule has 0 saturated carbocycles. The van der Waals surface area contributed by atoms with Crippen LogP contribution in [-0.2, 0) is 11.2 Å².